The molecule has 1 aliphatic rings. The fourth-order valence-corrected chi connectivity index (χ4v) is 1.93. The summed E-state index contributed by atoms with van der Waals surface area (Å²) < 4.78 is 9.63. The molecule has 96 valence electrons. The van der Waals surface area contributed by atoms with Crippen LogP contribution in [-0.2, 0) is 23.9 Å². The molecule has 17 heavy (non-hydrogen) atoms. The third-order valence-corrected chi connectivity index (χ3v) is 2.93. The molecule has 0 radical (unpaired) electrons. The zero-order valence-corrected chi connectivity index (χ0v) is 10.2. The maximum Gasteiger partial charge on any atom is 0.310 e. The zero-order valence-electron chi connectivity index (χ0n) is 10.2. The molecule has 0 saturated heterocycles. The van der Waals surface area contributed by atoms with E-state index in [1.54, 1.807) is 0 Å². The number of methoxy groups -OCH3 is 1. The summed E-state index contributed by atoms with van der Waals surface area (Å²) in [4.78, 5) is 34.4. The highest BCUT2D eigenvalue weighted by molar-refractivity contribution is 5.95. The first-order valence-corrected chi connectivity index (χ1v) is 5.86. The van der Waals surface area contributed by atoms with Gasteiger partial charge in [0.1, 0.15) is 5.78 Å². The largest absolute Gasteiger partial charge is 0.469 e. The van der Waals surface area contributed by atoms with Gasteiger partial charge in [-0.3, -0.25) is 14.4 Å². The van der Waals surface area contributed by atoms with Crippen molar-refractivity contribution in [2.45, 2.75) is 32.6 Å². The van der Waals surface area contributed by atoms with Crippen LogP contribution in [0.3, 0.4) is 0 Å². The van der Waals surface area contributed by atoms with Crippen LogP contribution in [0, 0.1) is 11.8 Å². The van der Waals surface area contributed by atoms with Gasteiger partial charge in [0.25, 0.3) is 0 Å². The summed E-state index contributed by atoms with van der Waals surface area (Å²) in [7, 11) is 1.25. The predicted molar refractivity (Wildman–Crippen MR) is 59.1 cm³/mol. The van der Waals surface area contributed by atoms with Gasteiger partial charge >= 0.3 is 11.9 Å². The smallest absolute Gasteiger partial charge is 0.310 e. The molecule has 1 rings (SSSR count). The third-order valence-electron chi connectivity index (χ3n) is 2.93. The highest BCUT2D eigenvalue weighted by Gasteiger charge is 2.43. The van der Waals surface area contributed by atoms with Gasteiger partial charge < -0.3 is 9.47 Å². The Morgan fingerprint density at radius 1 is 1.24 bits per heavy atom. The van der Waals surface area contributed by atoms with Crippen LogP contribution in [0.15, 0.2) is 0 Å². The fraction of sp³-hybridized carbons (Fsp3) is 0.750. The normalized spacial score (nSPS) is 23.5. The summed E-state index contributed by atoms with van der Waals surface area (Å²) in [5.74, 6) is -2.38. The standard InChI is InChI=1S/C12H18O5/c1-3-4-5-17-12(15)10-7-8(13)6-9(10)11(14)16-2/h9-10H,3-7H2,1-2H3. The molecule has 0 aromatic carbocycles. The van der Waals surface area contributed by atoms with Crippen LogP contribution in [0.5, 0.6) is 0 Å². The summed E-state index contributed by atoms with van der Waals surface area (Å²) in [6.45, 7) is 2.33. The van der Waals surface area contributed by atoms with E-state index in [0.29, 0.717) is 6.61 Å². The molecule has 0 aromatic heterocycles. The minimum absolute atomic E-state index is 0.0835. The molecule has 1 saturated carbocycles. The van der Waals surface area contributed by atoms with Crippen molar-refractivity contribution in [3.05, 3.63) is 0 Å². The summed E-state index contributed by atoms with van der Waals surface area (Å²) in [5, 5.41) is 0. The predicted octanol–water partition coefficient (Wildman–Crippen LogP) is 1.10. The number of carbonyl (C=O) groups excluding carboxylic acids is 3. The molecule has 5 heteroatoms. The Labute approximate surface area is 100 Å². The van der Waals surface area contributed by atoms with Crippen LogP contribution in [0.1, 0.15) is 32.6 Å². The average Bonchev–Trinajstić information content (AvgIpc) is 2.70. The second-order valence-electron chi connectivity index (χ2n) is 4.20. The van der Waals surface area contributed by atoms with E-state index in [1.807, 2.05) is 6.92 Å². The van der Waals surface area contributed by atoms with Crippen molar-refractivity contribution < 1.29 is 23.9 Å². The van der Waals surface area contributed by atoms with Crippen LogP contribution in [0.4, 0.5) is 0 Å². The molecule has 0 aliphatic heterocycles. The molecular weight excluding hydrogens is 224 g/mol. The van der Waals surface area contributed by atoms with Crippen LogP contribution in [0.2, 0.25) is 0 Å². The van der Waals surface area contributed by atoms with E-state index >= 15 is 0 Å². The highest BCUT2D eigenvalue weighted by Crippen LogP contribution is 2.31. The molecule has 1 aliphatic carbocycles. The molecule has 2 atom stereocenters. The van der Waals surface area contributed by atoms with E-state index in [9.17, 15) is 14.4 Å². The quantitative estimate of drug-likeness (QED) is 0.533. The van der Waals surface area contributed by atoms with Crippen molar-refractivity contribution in [3.63, 3.8) is 0 Å². The maximum absolute atomic E-state index is 11.7. The molecule has 1 fully saturated rings. The lowest BCUT2D eigenvalue weighted by Crippen LogP contribution is -2.28. The van der Waals surface area contributed by atoms with E-state index in [1.165, 1.54) is 7.11 Å². The lowest BCUT2D eigenvalue weighted by molar-refractivity contribution is -0.157. The van der Waals surface area contributed by atoms with Crippen molar-refractivity contribution in [3.8, 4) is 0 Å². The molecular formula is C12H18O5. The Hall–Kier alpha value is -1.39. The number of ketones is 1. The first-order valence-electron chi connectivity index (χ1n) is 5.86. The van der Waals surface area contributed by atoms with Crippen molar-refractivity contribution in [2.24, 2.45) is 11.8 Å². The Kier molecular flexibility index (Phi) is 5.12. The lowest BCUT2D eigenvalue weighted by Gasteiger charge is -2.15. The number of Topliss-reactive ketones (excluding diaryl/α,β-unsaturated/α-hetero) is 1. The number of carbonyl (C=O) groups is 3. The van der Waals surface area contributed by atoms with Gasteiger partial charge in [-0.15, -0.1) is 0 Å². The molecule has 0 heterocycles. The molecule has 0 spiro atoms. The van der Waals surface area contributed by atoms with Crippen molar-refractivity contribution in [2.75, 3.05) is 13.7 Å². The number of unbranched alkanes of at least 4 members (excludes halogenated alkanes) is 1. The summed E-state index contributed by atoms with van der Waals surface area (Å²) in [5.41, 5.74) is 0. The van der Waals surface area contributed by atoms with Crippen LogP contribution >= 0.6 is 0 Å². The average molecular weight is 242 g/mol. The molecule has 0 bridgehead atoms. The third kappa shape index (κ3) is 3.54. The van der Waals surface area contributed by atoms with Gasteiger partial charge in [0, 0.05) is 12.8 Å². The van der Waals surface area contributed by atoms with Gasteiger partial charge in [0.2, 0.25) is 0 Å². The monoisotopic (exact) mass is 242 g/mol. The maximum atomic E-state index is 11.7. The van der Waals surface area contributed by atoms with Crippen LogP contribution in [0.25, 0.3) is 0 Å². The Morgan fingerprint density at radius 3 is 2.35 bits per heavy atom. The number of rotatable bonds is 5. The number of ether oxygens (including phenoxy) is 2. The SMILES string of the molecule is CCCCOC(=O)C1CC(=O)CC1C(=O)OC. The minimum Gasteiger partial charge on any atom is -0.469 e. The number of hydrogen-bond donors (Lipinski definition) is 0. The molecule has 0 aromatic rings. The second-order valence-corrected chi connectivity index (χ2v) is 4.20. The second kappa shape index (κ2) is 6.37. The lowest BCUT2D eigenvalue weighted by atomic mass is 9.96. The Bertz CT molecular complexity index is 310. The van der Waals surface area contributed by atoms with Gasteiger partial charge in [0.05, 0.1) is 25.6 Å². The van der Waals surface area contributed by atoms with Crippen LogP contribution in [-0.4, -0.2) is 31.4 Å². The van der Waals surface area contributed by atoms with E-state index in [-0.39, 0.29) is 18.6 Å². The topological polar surface area (TPSA) is 69.7 Å². The van der Waals surface area contributed by atoms with E-state index in [2.05, 4.69) is 4.74 Å². The summed E-state index contributed by atoms with van der Waals surface area (Å²) >= 11 is 0. The van der Waals surface area contributed by atoms with Gasteiger partial charge in [-0.25, -0.2) is 0 Å². The molecule has 5 nitrogen and oxygen atoms in total. The van der Waals surface area contributed by atoms with E-state index < -0.39 is 23.8 Å². The Balaban J connectivity index is 2.57. The van der Waals surface area contributed by atoms with E-state index in [0.717, 1.165) is 12.8 Å². The first-order chi connectivity index (χ1) is 8.10. The molecule has 0 amide bonds. The van der Waals surface area contributed by atoms with Crippen molar-refractivity contribution in [1.82, 2.24) is 0 Å². The summed E-state index contributed by atoms with van der Waals surface area (Å²) in [6.07, 6.45) is 1.89. The summed E-state index contributed by atoms with van der Waals surface area (Å²) in [6, 6.07) is 0. The number of hydrogen-bond acceptors (Lipinski definition) is 5. The van der Waals surface area contributed by atoms with Gasteiger partial charge in [-0.1, -0.05) is 13.3 Å². The van der Waals surface area contributed by atoms with Gasteiger partial charge in [-0.2, -0.15) is 0 Å². The fourth-order valence-electron chi connectivity index (χ4n) is 1.93. The first kappa shape index (κ1) is 13.7. The van der Waals surface area contributed by atoms with Crippen molar-refractivity contribution in [1.29, 1.82) is 0 Å². The highest BCUT2D eigenvalue weighted by atomic mass is 16.5. The molecule has 2 unspecified atom stereocenters. The number of esters is 2. The van der Waals surface area contributed by atoms with Gasteiger partial charge in [-0.05, 0) is 6.42 Å². The Morgan fingerprint density at radius 2 is 1.82 bits per heavy atom. The van der Waals surface area contributed by atoms with Crippen molar-refractivity contribution >= 4 is 17.7 Å². The van der Waals surface area contributed by atoms with Crippen LogP contribution < -0.4 is 0 Å². The zero-order chi connectivity index (χ0) is 12.8. The van der Waals surface area contributed by atoms with Gasteiger partial charge in [0.15, 0.2) is 0 Å². The van der Waals surface area contributed by atoms with E-state index in [4.69, 9.17) is 4.74 Å². The minimum atomic E-state index is -0.665. The molecule has 0 N–H and O–H groups in total.